The molecule has 15 aromatic rings. The quantitative estimate of drug-likeness (QED) is 0.0323. The van der Waals surface area contributed by atoms with Gasteiger partial charge >= 0.3 is 18.2 Å². The van der Waals surface area contributed by atoms with Crippen LogP contribution in [0.4, 0.5) is 32.3 Å². The van der Waals surface area contributed by atoms with E-state index >= 15 is 0 Å². The Balaban J connectivity index is 0.000000172. The summed E-state index contributed by atoms with van der Waals surface area (Å²) >= 11 is 11.1. The number of nitrogens with zero attached hydrogens (tertiary/aromatic N) is 10. The zero-order valence-corrected chi connectivity index (χ0v) is 76.5. The number of thiazole rings is 5. The summed E-state index contributed by atoms with van der Waals surface area (Å²) in [6.07, 6.45) is 16.3. The van der Waals surface area contributed by atoms with E-state index in [2.05, 4.69) is 91.8 Å². The molecule has 41 heteroatoms. The molecule has 15 rings (SSSR count). The molecule has 658 valence electrons. The lowest BCUT2D eigenvalue weighted by Crippen LogP contribution is -2.35. The summed E-state index contributed by atoms with van der Waals surface area (Å²) in [7, 11) is 4.73. The number of ketones is 1. The van der Waals surface area contributed by atoms with Crippen LogP contribution in [0.5, 0.6) is 28.7 Å². The van der Waals surface area contributed by atoms with Gasteiger partial charge in [0.2, 0.25) is 21.8 Å². The lowest BCUT2D eigenvalue weighted by molar-refractivity contribution is -0.136. The molecule has 34 nitrogen and oxygen atoms in total. The van der Waals surface area contributed by atoms with Crippen molar-refractivity contribution in [2.45, 2.75) is 59.2 Å². The number of carboxylic acid groups (broad SMARTS) is 1. The number of halogens is 1. The number of ether oxygens (including phenoxy) is 7. The Morgan fingerprint density at radius 3 is 1.18 bits per heavy atom. The molecule has 0 fully saturated rings. The van der Waals surface area contributed by atoms with Crippen molar-refractivity contribution >= 4 is 192 Å². The summed E-state index contributed by atoms with van der Waals surface area (Å²) in [5.41, 5.74) is 28.0. The number of carbonyl (C=O) groups is 6. The van der Waals surface area contributed by atoms with Crippen LogP contribution < -0.4 is 66.9 Å². The third-order valence-corrected chi connectivity index (χ3v) is 22.2. The second-order valence-electron chi connectivity index (χ2n) is 28.3. The summed E-state index contributed by atoms with van der Waals surface area (Å²) in [5.74, 6) is 1.96. The molecule has 12 N–H and O–H groups in total. The number of nitrogens with one attached hydrogen (secondary N) is 5. The third kappa shape index (κ3) is 31.6. The van der Waals surface area contributed by atoms with Crippen molar-refractivity contribution < 1.29 is 75.4 Å². The van der Waals surface area contributed by atoms with Crippen LogP contribution in [0.1, 0.15) is 47.1 Å². The van der Waals surface area contributed by atoms with E-state index in [1.54, 1.807) is 190 Å². The minimum atomic E-state index is -3.43. The molecule has 0 saturated heterocycles. The van der Waals surface area contributed by atoms with Gasteiger partial charge in [-0.3, -0.25) is 44.1 Å². The van der Waals surface area contributed by atoms with Crippen LogP contribution in [0, 0.1) is 0 Å². The zero-order chi connectivity index (χ0) is 91.3. The molecular formula is C85H89BrN18O16S6. The average molecular weight is 1890 g/mol. The molecule has 0 atom stereocenters. The number of Topliss-reactive ketones (excluding diaryl/α,β-unsaturated/α-hetero) is 1. The molecule has 0 saturated carbocycles. The van der Waals surface area contributed by atoms with E-state index in [1.807, 2.05) is 115 Å². The number of benzene rings is 5. The minimum absolute atomic E-state index is 0.0643. The van der Waals surface area contributed by atoms with Crippen LogP contribution in [0.15, 0.2) is 193 Å². The number of carbonyl (C=O) groups excluding carboxylic acids is 5. The first kappa shape index (κ1) is 96.7. The second-order valence-corrected chi connectivity index (χ2v) is 36.0. The Hall–Kier alpha value is -13.1. The lowest BCUT2D eigenvalue weighted by Gasteiger charge is -2.19. The van der Waals surface area contributed by atoms with Gasteiger partial charge in [-0.15, -0.1) is 56.7 Å². The van der Waals surface area contributed by atoms with Crippen LogP contribution in [-0.4, -0.2) is 178 Å². The van der Waals surface area contributed by atoms with Crippen molar-refractivity contribution in [3.63, 3.8) is 0 Å². The number of methoxy groups -OCH3 is 5. The predicted molar refractivity (Wildman–Crippen MR) is 499 cm³/mol. The van der Waals surface area contributed by atoms with Gasteiger partial charge in [0, 0.05) is 113 Å². The van der Waals surface area contributed by atoms with Crippen LogP contribution in [0.3, 0.4) is 0 Å². The first-order valence-electron chi connectivity index (χ1n) is 37.5. The van der Waals surface area contributed by atoms with E-state index in [4.69, 9.17) is 55.5 Å². The van der Waals surface area contributed by atoms with Gasteiger partial charge in [0.05, 0.1) is 153 Å². The highest BCUT2D eigenvalue weighted by Gasteiger charge is 2.20. The standard InChI is InChI=1S/C21H23N3O4S.C16H16N4O4S2.C15H14N4O2S.C13H11N3OS.C8H7NOS.C7H13NO4.C5H5BrN2/c1-21(2,3)28-20(26)23-12-15(25)8-13-7-14(11-22-10-13)19-24-17-9-16(27-4)5-6-18(17)29-19;1-24-12-3-4-14-13(6-12)20-16(25-14)10-5-11(8-17-7-10)19-15(21)9-18-26(2,22)23;1-21-11-2-3-13-12(5-11)19-15(22-13)9-4-10(8-17-7-9)18-14(20)6-16;1-17-10-2-3-12-11(5-10)16-13(18-12)8-4-9(14)7-15-6-8;1-10-6-2-3-8-7(4-6)9-5-11-8;1-7(2,3)12-6(11)8-4-5(9)10;6-4-1-5(7)3-8-2-4/h5-7,9-11H,8,12H2,1-4H3,(H,23,26);3-8,18H,9H2,1-2H3,(H,19,21);2-5,7-8H,6,16H2,1H3,(H,18,20);2-7H,14H2,1H3;2-5H,1H3;4H2,1-3H3,(H,8,11)(H,9,10);1-3H,7H2. The molecule has 0 aliphatic carbocycles. The number of hydrogen-bond acceptors (Lipinski definition) is 33. The number of nitrogen functional groups attached to an aromatic ring is 2. The third-order valence-electron chi connectivity index (χ3n) is 15.9. The van der Waals surface area contributed by atoms with Crippen LogP contribution in [0.2, 0.25) is 0 Å². The SMILES string of the molecule is CC(C)(C)OC(=O)NCC(=O)O.COc1ccc2sc(-c3cncc(CC(=O)CNC(=O)OC(C)(C)C)c3)nc2c1.COc1ccc2sc(-c3cncc(N)c3)nc2c1.COc1ccc2sc(-c3cncc(NC(=O)CN)c3)nc2c1.COc1ccc2sc(-c3cncc(NC(=O)CNS(C)(=O)=O)c3)nc2c1.COc1ccc2scnc2c1.Nc1cncc(Br)c1. The maximum Gasteiger partial charge on any atom is 0.408 e. The van der Waals surface area contributed by atoms with Crippen molar-refractivity contribution in [2.24, 2.45) is 5.73 Å². The molecule has 0 bridgehead atoms. The molecule has 10 heterocycles. The second kappa shape index (κ2) is 46.0. The van der Waals surface area contributed by atoms with Crippen LogP contribution >= 0.6 is 72.6 Å². The van der Waals surface area contributed by atoms with Gasteiger partial charge in [-0.1, -0.05) is 0 Å². The van der Waals surface area contributed by atoms with Gasteiger partial charge in [-0.05, 0) is 154 Å². The molecule has 5 aromatic carbocycles. The van der Waals surface area contributed by atoms with Gasteiger partial charge in [-0.2, -0.15) is 0 Å². The van der Waals surface area contributed by atoms with Gasteiger partial charge in [0.25, 0.3) is 0 Å². The number of aliphatic carboxylic acids is 1. The highest BCUT2D eigenvalue weighted by molar-refractivity contribution is 9.10. The van der Waals surface area contributed by atoms with E-state index in [-0.39, 0.29) is 37.7 Å². The van der Waals surface area contributed by atoms with Crippen molar-refractivity contribution in [1.29, 1.82) is 0 Å². The topological polar surface area (TPSA) is 489 Å². The molecule has 0 spiro atoms. The van der Waals surface area contributed by atoms with Gasteiger partial charge < -0.3 is 76.7 Å². The molecule has 4 amide bonds. The van der Waals surface area contributed by atoms with E-state index in [9.17, 15) is 37.2 Å². The molecule has 0 radical (unpaired) electrons. The number of sulfonamides is 1. The Bertz CT molecular complexity index is 6380. The zero-order valence-electron chi connectivity index (χ0n) is 70.0. The highest BCUT2D eigenvalue weighted by atomic mass is 79.9. The first-order valence-corrected chi connectivity index (χ1v) is 44.3. The Kier molecular flexibility index (Phi) is 35.3. The summed E-state index contributed by atoms with van der Waals surface area (Å²) in [6.45, 7) is 9.48. The smallest absolute Gasteiger partial charge is 0.408 e. The number of rotatable bonds is 21. The maximum absolute atomic E-state index is 12.2. The Labute approximate surface area is 752 Å². The van der Waals surface area contributed by atoms with Crippen molar-refractivity contribution in [2.75, 3.05) is 90.1 Å². The van der Waals surface area contributed by atoms with Gasteiger partial charge in [0.15, 0.2) is 5.78 Å². The van der Waals surface area contributed by atoms with Gasteiger partial charge in [-0.25, -0.2) is 47.6 Å². The average Bonchev–Trinajstić information content (AvgIpc) is 1.68. The largest absolute Gasteiger partial charge is 0.497 e. The Morgan fingerprint density at radius 1 is 0.444 bits per heavy atom. The number of amides is 4. The van der Waals surface area contributed by atoms with E-state index in [0.29, 0.717) is 22.7 Å². The molecule has 10 aromatic heterocycles. The van der Waals surface area contributed by atoms with E-state index in [0.717, 1.165) is 134 Å². The van der Waals surface area contributed by atoms with Crippen molar-refractivity contribution in [3.8, 4) is 71.0 Å². The first-order chi connectivity index (χ1) is 60.0. The summed E-state index contributed by atoms with van der Waals surface area (Å²) in [6, 6.07) is 38.1. The number of alkyl carbamates (subject to hydrolysis) is 2. The normalized spacial score (nSPS) is 10.8. The van der Waals surface area contributed by atoms with E-state index in [1.165, 1.54) is 22.2 Å². The molecule has 0 aliphatic heterocycles. The predicted octanol–water partition coefficient (Wildman–Crippen LogP) is 15.4. The van der Waals surface area contributed by atoms with Crippen molar-refractivity contribution in [3.05, 3.63) is 199 Å². The summed E-state index contributed by atoms with van der Waals surface area (Å²) < 4.78 is 66.4. The fourth-order valence-electron chi connectivity index (χ4n) is 10.4. The number of hydrogen-bond donors (Lipinski definition) is 9. The number of anilines is 4. The number of fused-ring (bicyclic) bond motifs is 5. The molecule has 126 heavy (non-hydrogen) atoms. The monoisotopic (exact) mass is 1890 g/mol. The molecular weight excluding hydrogens is 1800 g/mol. The number of carboxylic acids is 1. The summed E-state index contributed by atoms with van der Waals surface area (Å²) in [5, 5.41) is 21.4. The minimum Gasteiger partial charge on any atom is -0.497 e. The number of nitrogens with two attached hydrogens (primary N) is 3. The van der Waals surface area contributed by atoms with Crippen LogP contribution in [-0.2, 0) is 45.1 Å². The van der Waals surface area contributed by atoms with Crippen LogP contribution in [0.25, 0.3) is 93.4 Å². The van der Waals surface area contributed by atoms with Crippen molar-refractivity contribution in [1.82, 2.24) is 65.2 Å². The fraction of sp³-hybridized carbons (Fsp3) is 0.224. The van der Waals surface area contributed by atoms with E-state index < -0.39 is 51.8 Å². The highest BCUT2D eigenvalue weighted by Crippen LogP contribution is 2.37. The number of pyridine rings is 5. The lowest BCUT2D eigenvalue weighted by atomic mass is 10.1. The Morgan fingerprint density at radius 2 is 0.810 bits per heavy atom. The maximum atomic E-state index is 12.2. The number of aromatic nitrogens is 10. The molecule has 0 unspecified atom stereocenters. The fourth-order valence-corrected chi connectivity index (χ4v) is 15.5. The van der Waals surface area contributed by atoms with Gasteiger partial charge in [0.1, 0.15) is 66.5 Å². The molecule has 0 aliphatic rings. The summed E-state index contributed by atoms with van der Waals surface area (Å²) in [4.78, 5) is 111.